The van der Waals surface area contributed by atoms with Crippen LogP contribution in [-0.2, 0) is 17.9 Å². The van der Waals surface area contributed by atoms with E-state index in [9.17, 15) is 14.4 Å². The molecule has 0 fully saturated rings. The Morgan fingerprint density at radius 1 is 1.08 bits per heavy atom. The molecular weight excluding hydrogens is 472 g/mol. The maximum Gasteiger partial charge on any atom is 0.294 e. The van der Waals surface area contributed by atoms with Gasteiger partial charge >= 0.3 is 0 Å². The van der Waals surface area contributed by atoms with Gasteiger partial charge in [0.05, 0.1) is 11.9 Å². The number of rotatable bonds is 10. The molecule has 0 saturated heterocycles. The number of aromatic nitrogens is 2. The summed E-state index contributed by atoms with van der Waals surface area (Å²) >= 11 is 0. The van der Waals surface area contributed by atoms with E-state index < -0.39 is 11.5 Å². The van der Waals surface area contributed by atoms with Gasteiger partial charge in [-0.05, 0) is 44.5 Å². The number of anilines is 2. The summed E-state index contributed by atoms with van der Waals surface area (Å²) in [5.41, 5.74) is 13.9. The molecule has 3 rings (SSSR count). The molecule has 0 spiro atoms. The minimum atomic E-state index is -0.478. The molecule has 0 bridgehead atoms. The van der Waals surface area contributed by atoms with E-state index in [2.05, 4.69) is 20.9 Å². The first-order valence-corrected chi connectivity index (χ1v) is 11.8. The lowest BCUT2D eigenvalue weighted by Gasteiger charge is -2.17. The van der Waals surface area contributed by atoms with E-state index in [1.807, 2.05) is 20.8 Å². The zero-order valence-electron chi connectivity index (χ0n) is 21.1. The number of nitrogens with two attached hydrogens (primary N) is 2. The molecule has 2 aromatic carbocycles. The van der Waals surface area contributed by atoms with Gasteiger partial charge in [-0.15, -0.1) is 0 Å². The van der Waals surface area contributed by atoms with Gasteiger partial charge in [0.15, 0.2) is 5.82 Å². The van der Waals surface area contributed by atoms with Crippen molar-refractivity contribution in [2.75, 3.05) is 17.6 Å². The molecule has 37 heavy (non-hydrogen) atoms. The molecule has 2 amide bonds. The highest BCUT2D eigenvalue weighted by Crippen LogP contribution is 2.23. The van der Waals surface area contributed by atoms with Gasteiger partial charge in [0, 0.05) is 41.5 Å². The number of carbonyl (C=O) groups is 2. The zero-order valence-corrected chi connectivity index (χ0v) is 21.1. The van der Waals surface area contributed by atoms with Crippen LogP contribution in [0.4, 0.5) is 11.5 Å². The normalized spacial score (nSPS) is 10.7. The van der Waals surface area contributed by atoms with Crippen molar-refractivity contribution in [2.24, 2.45) is 5.73 Å². The number of nitrogens with one attached hydrogen (secondary N) is 4. The van der Waals surface area contributed by atoms with Crippen molar-refractivity contribution < 1.29 is 9.59 Å². The minimum Gasteiger partial charge on any atom is -0.399 e. The zero-order chi connectivity index (χ0) is 27.1. The van der Waals surface area contributed by atoms with Crippen LogP contribution in [0.5, 0.6) is 0 Å². The maximum atomic E-state index is 13.3. The topological polar surface area (TPSA) is 181 Å². The highest BCUT2D eigenvalue weighted by molar-refractivity contribution is 5.96. The summed E-state index contributed by atoms with van der Waals surface area (Å²) in [6.45, 7) is 5.95. The molecule has 0 unspecified atom stereocenters. The van der Waals surface area contributed by atoms with Gasteiger partial charge in [0.25, 0.3) is 11.5 Å². The Morgan fingerprint density at radius 3 is 2.41 bits per heavy atom. The number of nitrogens with zero attached hydrogens (tertiary/aromatic N) is 2. The lowest BCUT2D eigenvalue weighted by atomic mass is 10.1. The van der Waals surface area contributed by atoms with Crippen LogP contribution < -0.4 is 33.0 Å². The van der Waals surface area contributed by atoms with Gasteiger partial charge in [-0.3, -0.25) is 24.4 Å². The predicted octanol–water partition coefficient (Wildman–Crippen LogP) is 1.66. The summed E-state index contributed by atoms with van der Waals surface area (Å²) in [6, 6.07) is 11.7. The first-order chi connectivity index (χ1) is 17.6. The largest absolute Gasteiger partial charge is 0.399 e. The van der Waals surface area contributed by atoms with Crippen molar-refractivity contribution in [1.82, 2.24) is 20.2 Å². The van der Waals surface area contributed by atoms with Crippen LogP contribution in [0.25, 0.3) is 11.3 Å². The molecule has 11 heteroatoms. The van der Waals surface area contributed by atoms with E-state index in [-0.39, 0.29) is 36.7 Å². The monoisotopic (exact) mass is 504 g/mol. The number of hydrogen-bond acceptors (Lipinski definition) is 7. The van der Waals surface area contributed by atoms with Crippen LogP contribution >= 0.6 is 0 Å². The van der Waals surface area contributed by atoms with Crippen molar-refractivity contribution in [3.63, 3.8) is 0 Å². The first-order valence-electron chi connectivity index (χ1n) is 11.8. The van der Waals surface area contributed by atoms with Gasteiger partial charge in [0.2, 0.25) is 5.91 Å². The highest BCUT2D eigenvalue weighted by atomic mass is 16.2. The molecule has 8 N–H and O–H groups in total. The molecule has 0 aliphatic rings. The van der Waals surface area contributed by atoms with Crippen LogP contribution in [0.2, 0.25) is 0 Å². The number of nitrogen functional groups attached to an aromatic ring is 2. The van der Waals surface area contributed by atoms with Crippen molar-refractivity contribution in [3.05, 3.63) is 75.7 Å². The third-order valence-corrected chi connectivity index (χ3v) is 5.39. The summed E-state index contributed by atoms with van der Waals surface area (Å²) in [4.78, 5) is 42.9. The fourth-order valence-electron chi connectivity index (χ4n) is 3.64. The molecular formula is C26H32N8O3. The smallest absolute Gasteiger partial charge is 0.294 e. The van der Waals surface area contributed by atoms with Crippen molar-refractivity contribution in [3.8, 4) is 11.3 Å². The number of benzene rings is 2. The maximum absolute atomic E-state index is 13.3. The number of carbonyl (C=O) groups excluding carboxylic acids is 2. The first kappa shape index (κ1) is 26.9. The SMILES string of the molecule is CCNC(=O)c1cc(N)cc(-c2cnc(NC(C)C)c(=O)n2CC(=O)NCc2ccc(C(=N)N)cc2)c1. The van der Waals surface area contributed by atoms with Gasteiger partial charge < -0.3 is 27.4 Å². The van der Waals surface area contributed by atoms with Crippen molar-refractivity contribution in [2.45, 2.75) is 39.9 Å². The van der Waals surface area contributed by atoms with Gasteiger partial charge in [-0.1, -0.05) is 24.3 Å². The fraction of sp³-hybridized carbons (Fsp3) is 0.269. The van der Waals surface area contributed by atoms with E-state index in [1.165, 1.54) is 10.8 Å². The van der Waals surface area contributed by atoms with Crippen LogP contribution in [-0.4, -0.2) is 39.8 Å². The van der Waals surface area contributed by atoms with E-state index in [1.54, 1.807) is 42.5 Å². The highest BCUT2D eigenvalue weighted by Gasteiger charge is 2.17. The number of amidine groups is 1. The Balaban J connectivity index is 1.93. The van der Waals surface area contributed by atoms with E-state index >= 15 is 0 Å². The van der Waals surface area contributed by atoms with Crippen LogP contribution in [0, 0.1) is 5.41 Å². The predicted molar refractivity (Wildman–Crippen MR) is 144 cm³/mol. The molecule has 0 saturated carbocycles. The molecule has 0 radical (unpaired) electrons. The quantitative estimate of drug-likeness (QED) is 0.138. The molecule has 0 aliphatic carbocycles. The Bertz CT molecular complexity index is 1360. The second-order valence-electron chi connectivity index (χ2n) is 8.77. The lowest BCUT2D eigenvalue weighted by molar-refractivity contribution is -0.121. The summed E-state index contributed by atoms with van der Waals surface area (Å²) in [5, 5.41) is 16.0. The van der Waals surface area contributed by atoms with Crippen LogP contribution in [0.3, 0.4) is 0 Å². The van der Waals surface area contributed by atoms with E-state index in [0.29, 0.717) is 34.6 Å². The number of amides is 2. The second kappa shape index (κ2) is 11.8. The molecule has 11 nitrogen and oxygen atoms in total. The Hall–Kier alpha value is -4.67. The van der Waals surface area contributed by atoms with E-state index in [0.717, 1.165) is 5.56 Å². The second-order valence-corrected chi connectivity index (χ2v) is 8.77. The average Bonchev–Trinajstić information content (AvgIpc) is 2.85. The van der Waals surface area contributed by atoms with Gasteiger partial charge in [-0.25, -0.2) is 4.98 Å². The molecule has 1 aromatic heterocycles. The van der Waals surface area contributed by atoms with Crippen molar-refractivity contribution in [1.29, 1.82) is 5.41 Å². The Kier molecular flexibility index (Phi) is 8.62. The minimum absolute atomic E-state index is 0.0390. The lowest BCUT2D eigenvalue weighted by Crippen LogP contribution is -2.35. The standard InChI is InChI=1S/C26H32N8O3/c1-4-30-25(36)19-9-18(10-20(27)11-19)21-13-32-24(33-15(2)3)26(37)34(21)14-22(35)31-12-16-5-7-17(8-6-16)23(28)29/h5-11,13,15H,4,12,14,27H2,1-3H3,(H3,28,29)(H,30,36)(H,31,35)(H,32,33). The van der Waals surface area contributed by atoms with Gasteiger partial charge in [0.1, 0.15) is 12.4 Å². The summed E-state index contributed by atoms with van der Waals surface area (Å²) in [6.07, 6.45) is 1.48. The summed E-state index contributed by atoms with van der Waals surface area (Å²) in [5.74, 6) is -0.625. The Labute approximate surface area is 214 Å². The van der Waals surface area contributed by atoms with Crippen LogP contribution in [0.1, 0.15) is 42.3 Å². The molecule has 1 heterocycles. The van der Waals surface area contributed by atoms with Gasteiger partial charge in [-0.2, -0.15) is 0 Å². The third-order valence-electron chi connectivity index (χ3n) is 5.39. The summed E-state index contributed by atoms with van der Waals surface area (Å²) in [7, 11) is 0. The van der Waals surface area contributed by atoms with Crippen LogP contribution in [0.15, 0.2) is 53.5 Å². The third kappa shape index (κ3) is 6.94. The average molecular weight is 505 g/mol. The molecule has 0 aliphatic heterocycles. The fourth-order valence-corrected chi connectivity index (χ4v) is 3.64. The molecule has 194 valence electrons. The van der Waals surface area contributed by atoms with Crippen molar-refractivity contribution >= 4 is 29.2 Å². The van der Waals surface area contributed by atoms with E-state index in [4.69, 9.17) is 16.9 Å². The molecule has 3 aromatic rings. The summed E-state index contributed by atoms with van der Waals surface area (Å²) < 4.78 is 1.31. The molecule has 0 atom stereocenters. The Morgan fingerprint density at radius 2 is 1.78 bits per heavy atom. The number of hydrogen-bond donors (Lipinski definition) is 6.